The van der Waals surface area contributed by atoms with E-state index in [2.05, 4.69) is 21.2 Å². The number of anilines is 1. The van der Waals surface area contributed by atoms with Crippen molar-refractivity contribution in [1.29, 1.82) is 0 Å². The molecule has 0 radical (unpaired) electrons. The summed E-state index contributed by atoms with van der Waals surface area (Å²) in [5.41, 5.74) is 1.14. The van der Waals surface area contributed by atoms with Crippen molar-refractivity contribution in [1.82, 2.24) is 0 Å². The lowest BCUT2D eigenvalue weighted by Gasteiger charge is -2.13. The summed E-state index contributed by atoms with van der Waals surface area (Å²) >= 11 is 3.36. The number of hydrogen-bond acceptors (Lipinski definition) is 5. The van der Waals surface area contributed by atoms with E-state index < -0.39 is 10.8 Å². The molecule has 7 nitrogen and oxygen atoms in total. The van der Waals surface area contributed by atoms with Crippen molar-refractivity contribution in [3.63, 3.8) is 0 Å². The quantitative estimate of drug-likeness (QED) is 0.567. The number of carbonyl (C=O) groups is 1. The highest BCUT2D eigenvalue weighted by atomic mass is 79.9. The zero-order chi connectivity index (χ0) is 18.6. The molecule has 132 valence electrons. The van der Waals surface area contributed by atoms with Crippen LogP contribution in [0.5, 0.6) is 11.5 Å². The molecule has 0 saturated carbocycles. The fourth-order valence-corrected chi connectivity index (χ4v) is 2.78. The van der Waals surface area contributed by atoms with E-state index in [1.165, 1.54) is 13.2 Å². The molecule has 0 aromatic heterocycles. The number of aryl methyl sites for hydroxylation is 1. The van der Waals surface area contributed by atoms with Crippen LogP contribution in [0.25, 0.3) is 0 Å². The van der Waals surface area contributed by atoms with Crippen LogP contribution in [0.1, 0.15) is 22.8 Å². The number of nitrogens with one attached hydrogen (secondary N) is 1. The number of rotatable bonds is 6. The number of nitrogens with zero attached hydrogens (tertiary/aromatic N) is 1. The molecule has 0 heterocycles. The molecule has 0 atom stereocenters. The van der Waals surface area contributed by atoms with Gasteiger partial charge in [-0.15, -0.1) is 0 Å². The predicted octanol–water partition coefficient (Wildman–Crippen LogP) is 4.33. The Kier molecular flexibility index (Phi) is 5.97. The van der Waals surface area contributed by atoms with Gasteiger partial charge in [0.25, 0.3) is 11.6 Å². The van der Waals surface area contributed by atoms with E-state index in [0.29, 0.717) is 39.4 Å². The summed E-state index contributed by atoms with van der Waals surface area (Å²) in [4.78, 5) is 23.0. The Morgan fingerprint density at radius 3 is 2.64 bits per heavy atom. The van der Waals surface area contributed by atoms with Gasteiger partial charge in [-0.3, -0.25) is 14.9 Å². The van der Waals surface area contributed by atoms with E-state index in [9.17, 15) is 14.9 Å². The third kappa shape index (κ3) is 4.27. The lowest BCUT2D eigenvalue weighted by Crippen LogP contribution is -2.13. The molecule has 2 aromatic carbocycles. The van der Waals surface area contributed by atoms with E-state index >= 15 is 0 Å². The van der Waals surface area contributed by atoms with Crippen molar-refractivity contribution in [2.24, 2.45) is 0 Å². The monoisotopic (exact) mass is 408 g/mol. The van der Waals surface area contributed by atoms with Gasteiger partial charge in [-0.1, -0.05) is 6.07 Å². The van der Waals surface area contributed by atoms with E-state index in [4.69, 9.17) is 9.47 Å². The number of methoxy groups -OCH3 is 1. The van der Waals surface area contributed by atoms with Gasteiger partial charge in [0.15, 0.2) is 11.5 Å². The number of ether oxygens (including phenoxy) is 2. The van der Waals surface area contributed by atoms with Gasteiger partial charge in [0.05, 0.1) is 23.1 Å². The van der Waals surface area contributed by atoms with Gasteiger partial charge in [0, 0.05) is 22.9 Å². The fourth-order valence-electron chi connectivity index (χ4n) is 2.22. The summed E-state index contributed by atoms with van der Waals surface area (Å²) in [6.07, 6.45) is 0. The molecule has 0 unspecified atom stereocenters. The van der Waals surface area contributed by atoms with E-state index in [1.54, 1.807) is 31.2 Å². The number of amides is 1. The zero-order valence-corrected chi connectivity index (χ0v) is 15.5. The Morgan fingerprint density at radius 2 is 2.04 bits per heavy atom. The lowest BCUT2D eigenvalue weighted by atomic mass is 10.1. The van der Waals surface area contributed by atoms with Crippen LogP contribution in [0.2, 0.25) is 0 Å². The van der Waals surface area contributed by atoms with Crippen molar-refractivity contribution in [3.05, 3.63) is 56.0 Å². The summed E-state index contributed by atoms with van der Waals surface area (Å²) in [6, 6.07) is 7.68. The third-order valence-electron chi connectivity index (χ3n) is 3.44. The molecule has 0 aliphatic carbocycles. The summed E-state index contributed by atoms with van der Waals surface area (Å²) in [7, 11) is 1.48. The smallest absolute Gasteiger partial charge is 0.274 e. The summed E-state index contributed by atoms with van der Waals surface area (Å²) in [5.74, 6) is 0.504. The molecule has 0 saturated heterocycles. The second-order valence-electron chi connectivity index (χ2n) is 5.13. The molecule has 2 aromatic rings. The van der Waals surface area contributed by atoms with Crippen LogP contribution in [0.4, 0.5) is 11.4 Å². The second-order valence-corrected chi connectivity index (χ2v) is 5.99. The van der Waals surface area contributed by atoms with E-state index in [-0.39, 0.29) is 5.69 Å². The van der Waals surface area contributed by atoms with Gasteiger partial charge >= 0.3 is 0 Å². The first-order chi connectivity index (χ1) is 11.9. The van der Waals surface area contributed by atoms with Crippen molar-refractivity contribution in [2.45, 2.75) is 13.8 Å². The topological polar surface area (TPSA) is 90.7 Å². The summed E-state index contributed by atoms with van der Waals surface area (Å²) in [5, 5.41) is 13.7. The Morgan fingerprint density at radius 1 is 1.32 bits per heavy atom. The predicted molar refractivity (Wildman–Crippen MR) is 97.6 cm³/mol. The SMILES string of the molecule is CCOc1c(Br)cc(C(=O)Nc2ccc(C)c([N+](=O)[O-])c2)cc1OC. The Labute approximate surface area is 153 Å². The average Bonchev–Trinajstić information content (AvgIpc) is 2.57. The second kappa shape index (κ2) is 7.98. The van der Waals surface area contributed by atoms with Gasteiger partial charge in [-0.2, -0.15) is 0 Å². The van der Waals surface area contributed by atoms with Gasteiger partial charge < -0.3 is 14.8 Å². The molecule has 0 aliphatic rings. The standard InChI is InChI=1S/C17H17BrN2O5/c1-4-25-16-13(18)7-11(8-15(16)24-3)17(21)19-12-6-5-10(2)14(9-12)20(22)23/h5-9H,4H2,1-3H3,(H,19,21). The number of nitro benzene ring substituents is 1. The highest BCUT2D eigenvalue weighted by molar-refractivity contribution is 9.10. The number of nitro groups is 1. The number of halogens is 1. The molecule has 2 rings (SSSR count). The maximum absolute atomic E-state index is 12.5. The normalized spacial score (nSPS) is 10.2. The number of benzene rings is 2. The van der Waals surface area contributed by atoms with Crippen LogP contribution >= 0.6 is 15.9 Å². The molecule has 1 amide bonds. The number of hydrogen-bond donors (Lipinski definition) is 1. The molecular weight excluding hydrogens is 392 g/mol. The van der Waals surface area contributed by atoms with Gasteiger partial charge in [-0.05, 0) is 48.0 Å². The van der Waals surface area contributed by atoms with Crippen LogP contribution in [0, 0.1) is 17.0 Å². The molecule has 0 spiro atoms. The maximum atomic E-state index is 12.5. The maximum Gasteiger partial charge on any atom is 0.274 e. The first-order valence-electron chi connectivity index (χ1n) is 7.44. The molecule has 0 aliphatic heterocycles. The fraction of sp³-hybridized carbons (Fsp3) is 0.235. The molecule has 1 N–H and O–H groups in total. The van der Waals surface area contributed by atoms with Crippen LogP contribution in [-0.2, 0) is 0 Å². The van der Waals surface area contributed by atoms with Crippen LogP contribution in [0.3, 0.4) is 0 Å². The van der Waals surface area contributed by atoms with Gasteiger partial charge in [0.1, 0.15) is 0 Å². The Bertz CT molecular complexity index is 823. The minimum absolute atomic E-state index is 0.0525. The van der Waals surface area contributed by atoms with Crippen LogP contribution in [-0.4, -0.2) is 24.5 Å². The highest BCUT2D eigenvalue weighted by Crippen LogP contribution is 2.37. The number of carbonyl (C=O) groups excluding carboxylic acids is 1. The minimum atomic E-state index is -0.485. The van der Waals surface area contributed by atoms with Crippen LogP contribution < -0.4 is 14.8 Å². The van der Waals surface area contributed by atoms with Crippen molar-refractivity contribution in [2.75, 3.05) is 19.0 Å². The van der Waals surface area contributed by atoms with Crippen molar-refractivity contribution >= 4 is 33.2 Å². The van der Waals surface area contributed by atoms with Crippen LogP contribution in [0.15, 0.2) is 34.8 Å². The molecule has 8 heteroatoms. The van der Waals surface area contributed by atoms with Crippen molar-refractivity contribution < 1.29 is 19.2 Å². The summed E-state index contributed by atoms with van der Waals surface area (Å²) < 4.78 is 11.3. The lowest BCUT2D eigenvalue weighted by molar-refractivity contribution is -0.385. The average molecular weight is 409 g/mol. The third-order valence-corrected chi connectivity index (χ3v) is 4.03. The Balaban J connectivity index is 2.31. The first kappa shape index (κ1) is 18.7. The van der Waals surface area contributed by atoms with Gasteiger partial charge in [0.2, 0.25) is 0 Å². The highest BCUT2D eigenvalue weighted by Gasteiger charge is 2.17. The summed E-state index contributed by atoms with van der Waals surface area (Å²) in [6.45, 7) is 3.93. The zero-order valence-electron chi connectivity index (χ0n) is 14.0. The molecular formula is C17H17BrN2O5. The van der Waals surface area contributed by atoms with Gasteiger partial charge in [-0.25, -0.2) is 0 Å². The van der Waals surface area contributed by atoms with E-state index in [0.717, 1.165) is 0 Å². The first-order valence-corrected chi connectivity index (χ1v) is 8.23. The molecule has 0 bridgehead atoms. The van der Waals surface area contributed by atoms with E-state index in [1.807, 2.05) is 6.92 Å². The van der Waals surface area contributed by atoms with Crippen molar-refractivity contribution in [3.8, 4) is 11.5 Å². The molecule has 25 heavy (non-hydrogen) atoms. The largest absolute Gasteiger partial charge is 0.493 e. The minimum Gasteiger partial charge on any atom is -0.493 e. The Hall–Kier alpha value is -2.61. The molecule has 0 fully saturated rings.